The predicted octanol–water partition coefficient (Wildman–Crippen LogP) is 4.52. The van der Waals surface area contributed by atoms with E-state index in [-0.39, 0.29) is 16.1 Å². The minimum Gasteiger partial charge on any atom is -0.308 e. The first-order valence-corrected chi connectivity index (χ1v) is 7.42. The highest BCUT2D eigenvalue weighted by atomic mass is 35.5. The van der Waals surface area contributed by atoms with Crippen LogP contribution >= 0.6 is 11.6 Å². The second-order valence-electron chi connectivity index (χ2n) is 5.35. The molecule has 0 fully saturated rings. The Labute approximate surface area is 132 Å². The molecule has 0 unspecified atom stereocenters. The van der Waals surface area contributed by atoms with Gasteiger partial charge in [0, 0.05) is 22.8 Å². The zero-order valence-electron chi connectivity index (χ0n) is 12.0. The molecule has 0 atom stereocenters. The van der Waals surface area contributed by atoms with E-state index in [1.165, 1.54) is 17.9 Å². The maximum atomic E-state index is 14.1. The molecular formula is C17H14ClF2NO. The van der Waals surface area contributed by atoms with Gasteiger partial charge in [0.1, 0.15) is 0 Å². The van der Waals surface area contributed by atoms with Crippen molar-refractivity contribution in [2.75, 3.05) is 11.4 Å². The van der Waals surface area contributed by atoms with Gasteiger partial charge in [-0.3, -0.25) is 4.79 Å². The maximum absolute atomic E-state index is 14.1. The molecule has 1 amide bonds. The van der Waals surface area contributed by atoms with Crippen molar-refractivity contribution in [2.24, 2.45) is 0 Å². The summed E-state index contributed by atoms with van der Waals surface area (Å²) in [6.07, 6.45) is 1.65. The Balaban J connectivity index is 2.07. The van der Waals surface area contributed by atoms with Crippen molar-refractivity contribution in [2.45, 2.75) is 19.8 Å². The second-order valence-corrected chi connectivity index (χ2v) is 5.76. The van der Waals surface area contributed by atoms with E-state index in [1.807, 2.05) is 24.3 Å². The lowest BCUT2D eigenvalue weighted by Crippen LogP contribution is -2.36. The van der Waals surface area contributed by atoms with E-state index in [0.717, 1.165) is 24.1 Å². The van der Waals surface area contributed by atoms with Crippen LogP contribution in [0, 0.1) is 18.6 Å². The number of para-hydroxylation sites is 1. The number of anilines is 1. The predicted molar refractivity (Wildman–Crippen MR) is 82.5 cm³/mol. The molecule has 5 heteroatoms. The van der Waals surface area contributed by atoms with Crippen molar-refractivity contribution in [1.29, 1.82) is 0 Å². The third-order valence-corrected chi connectivity index (χ3v) is 4.37. The molecule has 2 nitrogen and oxygen atoms in total. The Morgan fingerprint density at radius 3 is 2.73 bits per heavy atom. The number of hydrogen-bond acceptors (Lipinski definition) is 1. The summed E-state index contributed by atoms with van der Waals surface area (Å²) in [5, 5.41) is 0.0487. The van der Waals surface area contributed by atoms with E-state index < -0.39 is 17.5 Å². The third kappa shape index (κ3) is 2.37. The average molecular weight is 322 g/mol. The monoisotopic (exact) mass is 321 g/mol. The molecule has 1 heterocycles. The lowest BCUT2D eigenvalue weighted by molar-refractivity contribution is 0.0980. The lowest BCUT2D eigenvalue weighted by Gasteiger charge is -2.29. The highest BCUT2D eigenvalue weighted by molar-refractivity contribution is 6.31. The van der Waals surface area contributed by atoms with Gasteiger partial charge >= 0.3 is 0 Å². The molecule has 0 saturated heterocycles. The fourth-order valence-electron chi connectivity index (χ4n) is 2.73. The quantitative estimate of drug-likeness (QED) is 0.707. The van der Waals surface area contributed by atoms with Gasteiger partial charge in [-0.15, -0.1) is 0 Å². The van der Waals surface area contributed by atoms with Crippen LogP contribution in [-0.2, 0) is 6.42 Å². The number of carbonyl (C=O) groups excluding carboxylic acids is 1. The average Bonchev–Trinajstić information content (AvgIpc) is 2.55. The van der Waals surface area contributed by atoms with Crippen molar-refractivity contribution < 1.29 is 13.6 Å². The second kappa shape index (κ2) is 5.69. The molecule has 0 bridgehead atoms. The van der Waals surface area contributed by atoms with Crippen molar-refractivity contribution in [3.8, 4) is 0 Å². The van der Waals surface area contributed by atoms with Gasteiger partial charge in [-0.25, -0.2) is 8.78 Å². The van der Waals surface area contributed by atoms with E-state index in [0.29, 0.717) is 6.54 Å². The molecule has 114 valence electrons. The van der Waals surface area contributed by atoms with Crippen LogP contribution < -0.4 is 4.90 Å². The number of benzene rings is 2. The van der Waals surface area contributed by atoms with Crippen LogP contribution in [0.25, 0.3) is 0 Å². The van der Waals surface area contributed by atoms with Gasteiger partial charge in [-0.1, -0.05) is 29.8 Å². The van der Waals surface area contributed by atoms with E-state index in [1.54, 1.807) is 0 Å². The first kappa shape index (κ1) is 15.0. The molecule has 22 heavy (non-hydrogen) atoms. The van der Waals surface area contributed by atoms with Crippen molar-refractivity contribution in [3.63, 3.8) is 0 Å². The van der Waals surface area contributed by atoms with Gasteiger partial charge in [0.15, 0.2) is 11.6 Å². The highest BCUT2D eigenvalue weighted by Crippen LogP contribution is 2.30. The minimum atomic E-state index is -1.14. The van der Waals surface area contributed by atoms with Gasteiger partial charge in [0.2, 0.25) is 0 Å². The molecule has 0 saturated carbocycles. The Kier molecular flexibility index (Phi) is 3.87. The maximum Gasteiger partial charge on any atom is 0.261 e. The van der Waals surface area contributed by atoms with E-state index in [9.17, 15) is 13.6 Å². The normalized spacial score (nSPS) is 13.9. The molecule has 0 spiro atoms. The van der Waals surface area contributed by atoms with Crippen LogP contribution in [0.2, 0.25) is 5.02 Å². The van der Waals surface area contributed by atoms with Gasteiger partial charge in [0.05, 0.1) is 5.56 Å². The van der Waals surface area contributed by atoms with Crippen molar-refractivity contribution >= 4 is 23.2 Å². The lowest BCUT2D eigenvalue weighted by atomic mass is 10.0. The molecule has 3 rings (SSSR count). The number of carbonyl (C=O) groups is 1. The minimum absolute atomic E-state index is 0.00904. The molecule has 0 N–H and O–H groups in total. The standard InChI is InChI=1S/C17H14ClF2NO/c1-10-13(18)9-12(16(20)15(10)19)17(22)21-8-4-6-11-5-2-3-7-14(11)21/h2-3,5,7,9H,4,6,8H2,1H3. The number of hydrogen-bond donors (Lipinski definition) is 0. The van der Waals surface area contributed by atoms with Crippen molar-refractivity contribution in [3.05, 3.63) is 63.7 Å². The third-order valence-electron chi connectivity index (χ3n) is 3.97. The zero-order valence-corrected chi connectivity index (χ0v) is 12.8. The van der Waals surface area contributed by atoms with Gasteiger partial charge in [-0.05, 0) is 37.5 Å². The number of halogens is 3. The number of aryl methyl sites for hydroxylation is 1. The Bertz CT molecular complexity index is 761. The van der Waals surface area contributed by atoms with Crippen LogP contribution in [0.1, 0.15) is 27.9 Å². The first-order chi connectivity index (χ1) is 10.5. The highest BCUT2D eigenvalue weighted by Gasteiger charge is 2.27. The van der Waals surface area contributed by atoms with Crippen LogP contribution in [-0.4, -0.2) is 12.5 Å². The Morgan fingerprint density at radius 2 is 1.95 bits per heavy atom. The summed E-state index contributed by atoms with van der Waals surface area (Å²) in [5.74, 6) is -2.78. The molecule has 2 aromatic carbocycles. The summed E-state index contributed by atoms with van der Waals surface area (Å²) in [7, 11) is 0. The summed E-state index contributed by atoms with van der Waals surface area (Å²) in [4.78, 5) is 14.1. The number of amides is 1. The summed E-state index contributed by atoms with van der Waals surface area (Å²) in [6.45, 7) is 1.85. The van der Waals surface area contributed by atoms with E-state index in [2.05, 4.69) is 0 Å². The van der Waals surface area contributed by atoms with Gasteiger partial charge < -0.3 is 4.90 Å². The van der Waals surface area contributed by atoms with Crippen LogP contribution in [0.4, 0.5) is 14.5 Å². The van der Waals surface area contributed by atoms with Gasteiger partial charge in [-0.2, -0.15) is 0 Å². The zero-order chi connectivity index (χ0) is 15.9. The Morgan fingerprint density at radius 1 is 1.23 bits per heavy atom. The van der Waals surface area contributed by atoms with E-state index in [4.69, 9.17) is 11.6 Å². The fraction of sp³-hybridized carbons (Fsp3) is 0.235. The smallest absolute Gasteiger partial charge is 0.261 e. The van der Waals surface area contributed by atoms with Gasteiger partial charge in [0.25, 0.3) is 5.91 Å². The van der Waals surface area contributed by atoms with Crippen LogP contribution in [0.15, 0.2) is 30.3 Å². The first-order valence-electron chi connectivity index (χ1n) is 7.04. The summed E-state index contributed by atoms with van der Waals surface area (Å²) in [5.41, 5.74) is 1.45. The molecule has 0 aliphatic carbocycles. The summed E-state index contributed by atoms with van der Waals surface area (Å²) in [6, 6.07) is 8.68. The summed E-state index contributed by atoms with van der Waals surface area (Å²) >= 11 is 5.90. The molecule has 2 aromatic rings. The van der Waals surface area contributed by atoms with E-state index >= 15 is 0 Å². The van der Waals surface area contributed by atoms with Crippen molar-refractivity contribution in [1.82, 2.24) is 0 Å². The molecule has 1 aliphatic rings. The summed E-state index contributed by atoms with van der Waals surface area (Å²) < 4.78 is 28.0. The SMILES string of the molecule is Cc1c(Cl)cc(C(=O)N2CCCc3ccccc32)c(F)c1F. The molecule has 0 radical (unpaired) electrons. The Hall–Kier alpha value is -1.94. The number of rotatable bonds is 1. The number of nitrogens with zero attached hydrogens (tertiary/aromatic N) is 1. The van der Waals surface area contributed by atoms with Crippen LogP contribution in [0.5, 0.6) is 0 Å². The topological polar surface area (TPSA) is 20.3 Å². The van der Waals surface area contributed by atoms with Crippen LogP contribution in [0.3, 0.4) is 0 Å². The number of fused-ring (bicyclic) bond motifs is 1. The molecular weight excluding hydrogens is 308 g/mol. The molecule has 1 aliphatic heterocycles. The fourth-order valence-corrected chi connectivity index (χ4v) is 2.92. The largest absolute Gasteiger partial charge is 0.308 e. The molecule has 0 aromatic heterocycles.